The van der Waals surface area contributed by atoms with Crippen LogP contribution in [-0.2, 0) is 13.0 Å². The first kappa shape index (κ1) is 22.1. The molecule has 0 radical (unpaired) electrons. The van der Waals surface area contributed by atoms with E-state index in [0.717, 1.165) is 42.7 Å². The van der Waals surface area contributed by atoms with Crippen molar-refractivity contribution in [3.63, 3.8) is 0 Å². The number of carbonyl (C=O) groups excluding carboxylic acids is 1. The van der Waals surface area contributed by atoms with E-state index in [1.165, 1.54) is 12.1 Å². The van der Waals surface area contributed by atoms with Gasteiger partial charge in [0.05, 0.1) is 18.4 Å². The largest absolute Gasteiger partial charge is 0.496 e. The average molecular weight is 438 g/mol. The van der Waals surface area contributed by atoms with Crippen LogP contribution in [0, 0.1) is 17.1 Å². The summed E-state index contributed by atoms with van der Waals surface area (Å²) < 4.78 is 19.6. The van der Waals surface area contributed by atoms with Crippen LogP contribution in [-0.4, -0.2) is 74.7 Å². The molecule has 0 aliphatic carbocycles. The monoisotopic (exact) mass is 437 g/mol. The van der Waals surface area contributed by atoms with Gasteiger partial charge in [-0.1, -0.05) is 0 Å². The topological polar surface area (TPSA) is 71.8 Å². The van der Waals surface area contributed by atoms with Gasteiger partial charge in [0.25, 0.3) is 0 Å². The fourth-order valence-corrected chi connectivity index (χ4v) is 4.45. The lowest BCUT2D eigenvalue weighted by atomic mass is 9.87. The molecule has 0 unspecified atom stereocenters. The second-order valence-corrected chi connectivity index (χ2v) is 8.47. The van der Waals surface area contributed by atoms with Crippen LogP contribution in [0.25, 0.3) is 11.1 Å². The van der Waals surface area contributed by atoms with Crippen LogP contribution in [0.1, 0.15) is 16.7 Å². The number of hydrogen-bond acceptors (Lipinski definition) is 5. The van der Waals surface area contributed by atoms with E-state index in [-0.39, 0.29) is 11.8 Å². The molecule has 0 bridgehead atoms. The van der Waals surface area contributed by atoms with Crippen molar-refractivity contribution >= 4 is 11.7 Å². The molecule has 7 nitrogen and oxygen atoms in total. The van der Waals surface area contributed by atoms with E-state index in [4.69, 9.17) is 4.74 Å². The zero-order valence-electron chi connectivity index (χ0n) is 18.7. The van der Waals surface area contributed by atoms with Crippen LogP contribution in [0.15, 0.2) is 24.3 Å². The summed E-state index contributed by atoms with van der Waals surface area (Å²) in [4.78, 5) is 19.1. The molecule has 32 heavy (non-hydrogen) atoms. The van der Waals surface area contributed by atoms with Crippen molar-refractivity contribution in [2.75, 3.05) is 59.2 Å². The molecule has 0 saturated carbocycles. The number of nitrogens with one attached hydrogen (secondary N) is 1. The van der Waals surface area contributed by atoms with Crippen LogP contribution in [0.2, 0.25) is 0 Å². The third-order valence-electron chi connectivity index (χ3n) is 6.32. The maximum atomic E-state index is 14.1. The van der Waals surface area contributed by atoms with Crippen molar-refractivity contribution in [3.05, 3.63) is 46.8 Å². The Balaban J connectivity index is 1.80. The predicted octanol–water partition coefficient (Wildman–Crippen LogP) is 3.14. The van der Waals surface area contributed by atoms with Gasteiger partial charge in [-0.05, 0) is 61.5 Å². The highest BCUT2D eigenvalue weighted by Crippen LogP contribution is 2.40. The van der Waals surface area contributed by atoms with E-state index < -0.39 is 0 Å². The maximum Gasteiger partial charge on any atom is 0.321 e. The Kier molecular flexibility index (Phi) is 6.31. The smallest absolute Gasteiger partial charge is 0.321 e. The van der Waals surface area contributed by atoms with Crippen molar-refractivity contribution in [2.45, 2.75) is 13.0 Å². The fraction of sp³-hybridized carbons (Fsp3) is 0.417. The molecule has 1 N–H and O–H groups in total. The third-order valence-corrected chi connectivity index (χ3v) is 6.32. The lowest BCUT2D eigenvalue weighted by Gasteiger charge is -2.34. The molecular weight excluding hydrogens is 409 g/mol. The number of methoxy groups -OCH3 is 1. The van der Waals surface area contributed by atoms with Gasteiger partial charge in [0.1, 0.15) is 17.6 Å². The number of urea groups is 1. The van der Waals surface area contributed by atoms with Crippen LogP contribution >= 0.6 is 0 Å². The number of hydrogen-bond donors (Lipinski definition) is 1. The lowest BCUT2D eigenvalue weighted by molar-refractivity contribution is 0.164. The van der Waals surface area contributed by atoms with Gasteiger partial charge in [0, 0.05) is 44.8 Å². The molecule has 1 saturated heterocycles. The Labute approximate surface area is 188 Å². The average Bonchev–Trinajstić information content (AvgIpc) is 2.79. The normalized spacial score (nSPS) is 16.9. The molecule has 2 aliphatic heterocycles. The van der Waals surface area contributed by atoms with Crippen molar-refractivity contribution in [1.29, 1.82) is 5.26 Å². The molecule has 168 valence electrons. The van der Waals surface area contributed by atoms with Gasteiger partial charge in [-0.15, -0.1) is 0 Å². The van der Waals surface area contributed by atoms with Gasteiger partial charge in [-0.2, -0.15) is 5.26 Å². The maximum absolute atomic E-state index is 14.1. The summed E-state index contributed by atoms with van der Waals surface area (Å²) in [5, 5.41) is 13.0. The standard InChI is InChI=1S/C24H28FN5O2/c1-28-8-10-30(11-9-28)24(31)27-23-16(14-26)12-19(18-6-7-29(2)15-21(18)23)20-13-17(25)4-5-22(20)32-3/h4-5,12-13H,6-11,15H2,1-3H3,(H,27,31). The summed E-state index contributed by atoms with van der Waals surface area (Å²) in [6, 6.07) is 8.20. The van der Waals surface area contributed by atoms with Gasteiger partial charge in [0.15, 0.2) is 0 Å². The Morgan fingerprint density at radius 3 is 2.50 bits per heavy atom. The van der Waals surface area contributed by atoms with Crippen molar-refractivity contribution in [3.8, 4) is 22.9 Å². The summed E-state index contributed by atoms with van der Waals surface area (Å²) in [6.07, 6.45) is 0.726. The zero-order valence-corrected chi connectivity index (χ0v) is 18.7. The molecule has 2 amide bonds. The van der Waals surface area contributed by atoms with Crippen LogP contribution in [0.4, 0.5) is 14.9 Å². The van der Waals surface area contributed by atoms with Gasteiger partial charge in [0.2, 0.25) is 0 Å². The summed E-state index contributed by atoms with van der Waals surface area (Å²) in [7, 11) is 5.60. The molecular formula is C24H28FN5O2. The first-order chi connectivity index (χ1) is 15.4. The molecule has 2 heterocycles. The van der Waals surface area contributed by atoms with Gasteiger partial charge in [-0.3, -0.25) is 0 Å². The molecule has 0 atom stereocenters. The van der Waals surface area contributed by atoms with Gasteiger partial charge < -0.3 is 24.8 Å². The van der Waals surface area contributed by atoms with Crippen LogP contribution < -0.4 is 10.1 Å². The van der Waals surface area contributed by atoms with E-state index in [0.29, 0.717) is 42.2 Å². The highest BCUT2D eigenvalue weighted by Gasteiger charge is 2.27. The molecule has 8 heteroatoms. The zero-order chi connectivity index (χ0) is 22.8. The van der Waals surface area contributed by atoms with E-state index in [9.17, 15) is 14.4 Å². The van der Waals surface area contributed by atoms with E-state index in [1.54, 1.807) is 24.1 Å². The van der Waals surface area contributed by atoms with E-state index in [2.05, 4.69) is 21.2 Å². The SMILES string of the molecule is COc1ccc(F)cc1-c1cc(C#N)c(NC(=O)N2CCN(C)CC2)c2c1CCN(C)C2. The first-order valence-electron chi connectivity index (χ1n) is 10.8. The fourth-order valence-electron chi connectivity index (χ4n) is 4.45. The summed E-state index contributed by atoms with van der Waals surface area (Å²) in [5.41, 5.74) is 4.22. The number of benzene rings is 2. The number of ether oxygens (including phenoxy) is 1. The Morgan fingerprint density at radius 1 is 1.06 bits per heavy atom. The summed E-state index contributed by atoms with van der Waals surface area (Å²) in [5.74, 6) is 0.180. The van der Waals surface area contributed by atoms with Crippen molar-refractivity contribution < 1.29 is 13.9 Å². The number of piperazine rings is 1. The van der Waals surface area contributed by atoms with Gasteiger partial charge >= 0.3 is 6.03 Å². The molecule has 0 aromatic heterocycles. The molecule has 4 rings (SSSR count). The number of rotatable bonds is 3. The number of halogens is 1. The van der Waals surface area contributed by atoms with Crippen LogP contribution in [0.3, 0.4) is 0 Å². The first-order valence-corrected chi connectivity index (χ1v) is 10.8. The number of carbonyl (C=O) groups is 1. The van der Waals surface area contributed by atoms with Crippen molar-refractivity contribution in [1.82, 2.24) is 14.7 Å². The predicted molar refractivity (Wildman–Crippen MR) is 121 cm³/mol. The minimum absolute atomic E-state index is 0.193. The molecule has 2 aliphatic rings. The van der Waals surface area contributed by atoms with Crippen molar-refractivity contribution in [2.24, 2.45) is 0 Å². The Bertz CT molecular complexity index is 1070. The quantitative estimate of drug-likeness (QED) is 0.799. The molecule has 0 spiro atoms. The number of nitrogens with zero attached hydrogens (tertiary/aromatic N) is 4. The number of likely N-dealkylation sites (N-methyl/N-ethyl adjacent to an activating group) is 2. The minimum atomic E-state index is -0.367. The number of amides is 2. The molecule has 2 aromatic carbocycles. The second kappa shape index (κ2) is 9.15. The van der Waals surface area contributed by atoms with E-state index >= 15 is 0 Å². The highest BCUT2D eigenvalue weighted by molar-refractivity contribution is 5.94. The van der Waals surface area contributed by atoms with Crippen LogP contribution in [0.5, 0.6) is 5.75 Å². The van der Waals surface area contributed by atoms with E-state index in [1.807, 2.05) is 14.1 Å². The molecule has 1 fully saturated rings. The summed E-state index contributed by atoms with van der Waals surface area (Å²) >= 11 is 0. The molecule has 2 aromatic rings. The third kappa shape index (κ3) is 4.27. The second-order valence-electron chi connectivity index (χ2n) is 8.47. The number of nitriles is 1. The number of fused-ring (bicyclic) bond motifs is 1. The van der Waals surface area contributed by atoms with Gasteiger partial charge in [-0.25, -0.2) is 9.18 Å². The Hall–Kier alpha value is -3.15. The Morgan fingerprint density at radius 2 is 1.81 bits per heavy atom. The highest BCUT2D eigenvalue weighted by atomic mass is 19.1. The minimum Gasteiger partial charge on any atom is -0.496 e. The lowest BCUT2D eigenvalue weighted by Crippen LogP contribution is -2.48. The number of anilines is 1. The summed E-state index contributed by atoms with van der Waals surface area (Å²) in [6.45, 7) is 4.34.